The summed E-state index contributed by atoms with van der Waals surface area (Å²) in [6.07, 6.45) is 5.46. The lowest BCUT2D eigenvalue weighted by Gasteiger charge is -2.50. The van der Waals surface area contributed by atoms with Gasteiger partial charge < -0.3 is 10.2 Å². The predicted octanol–water partition coefficient (Wildman–Crippen LogP) is 1.45. The SMILES string of the molecule is CCC1(C)C(=O)NC2(CCCCC2)C(=O)N1C. The van der Waals surface area contributed by atoms with Crippen LogP contribution in [-0.4, -0.2) is 34.8 Å². The average molecular weight is 238 g/mol. The maximum absolute atomic E-state index is 12.5. The first-order valence-electron chi connectivity index (χ1n) is 6.57. The molecule has 2 aliphatic rings. The van der Waals surface area contributed by atoms with Crippen LogP contribution in [0.3, 0.4) is 0 Å². The van der Waals surface area contributed by atoms with Crippen molar-refractivity contribution < 1.29 is 9.59 Å². The third kappa shape index (κ3) is 1.65. The van der Waals surface area contributed by atoms with E-state index in [-0.39, 0.29) is 11.8 Å². The molecule has 2 rings (SSSR count). The van der Waals surface area contributed by atoms with E-state index >= 15 is 0 Å². The van der Waals surface area contributed by atoms with Crippen LogP contribution in [0.4, 0.5) is 0 Å². The first-order valence-corrected chi connectivity index (χ1v) is 6.57. The number of piperazine rings is 1. The molecule has 1 unspecified atom stereocenters. The molecule has 2 amide bonds. The Kier molecular flexibility index (Phi) is 2.92. The molecule has 4 nitrogen and oxygen atoms in total. The lowest BCUT2D eigenvalue weighted by Crippen LogP contribution is -2.74. The summed E-state index contributed by atoms with van der Waals surface area (Å²) >= 11 is 0. The van der Waals surface area contributed by atoms with Crippen molar-refractivity contribution in [3.63, 3.8) is 0 Å². The molecule has 0 aromatic carbocycles. The summed E-state index contributed by atoms with van der Waals surface area (Å²) in [5.41, 5.74) is -1.28. The van der Waals surface area contributed by atoms with Crippen molar-refractivity contribution in [3.8, 4) is 0 Å². The maximum atomic E-state index is 12.5. The number of hydrogen-bond acceptors (Lipinski definition) is 2. The van der Waals surface area contributed by atoms with Gasteiger partial charge in [-0.2, -0.15) is 0 Å². The van der Waals surface area contributed by atoms with Crippen molar-refractivity contribution in [1.82, 2.24) is 10.2 Å². The van der Waals surface area contributed by atoms with Crippen LogP contribution in [0, 0.1) is 0 Å². The van der Waals surface area contributed by atoms with Gasteiger partial charge in [0.05, 0.1) is 0 Å². The van der Waals surface area contributed by atoms with E-state index < -0.39 is 11.1 Å². The first-order chi connectivity index (χ1) is 7.96. The minimum absolute atomic E-state index is 0.00370. The Morgan fingerprint density at radius 1 is 1.24 bits per heavy atom. The molecule has 1 N–H and O–H groups in total. The highest BCUT2D eigenvalue weighted by molar-refractivity contribution is 6.02. The zero-order valence-electron chi connectivity index (χ0n) is 11.0. The molecule has 96 valence electrons. The van der Waals surface area contributed by atoms with Gasteiger partial charge in [0, 0.05) is 7.05 Å². The van der Waals surface area contributed by atoms with E-state index in [1.165, 1.54) is 6.42 Å². The summed E-state index contributed by atoms with van der Waals surface area (Å²) < 4.78 is 0. The van der Waals surface area contributed by atoms with Crippen molar-refractivity contribution in [1.29, 1.82) is 0 Å². The highest BCUT2D eigenvalue weighted by Gasteiger charge is 2.54. The number of nitrogens with zero attached hydrogens (tertiary/aromatic N) is 1. The Morgan fingerprint density at radius 2 is 1.82 bits per heavy atom. The van der Waals surface area contributed by atoms with Crippen LogP contribution in [-0.2, 0) is 9.59 Å². The molecular weight excluding hydrogens is 216 g/mol. The minimum Gasteiger partial charge on any atom is -0.340 e. The van der Waals surface area contributed by atoms with Crippen LogP contribution in [0.15, 0.2) is 0 Å². The molecular formula is C13H22N2O2. The number of nitrogens with one attached hydrogen (secondary N) is 1. The van der Waals surface area contributed by atoms with Crippen LogP contribution in [0.2, 0.25) is 0 Å². The van der Waals surface area contributed by atoms with Gasteiger partial charge in [-0.05, 0) is 26.2 Å². The van der Waals surface area contributed by atoms with Crippen LogP contribution >= 0.6 is 0 Å². The molecule has 17 heavy (non-hydrogen) atoms. The summed E-state index contributed by atoms with van der Waals surface area (Å²) in [6, 6.07) is 0. The number of amides is 2. The van der Waals surface area contributed by atoms with Crippen molar-refractivity contribution >= 4 is 11.8 Å². The Labute approximate surface area is 103 Å². The molecule has 4 heteroatoms. The van der Waals surface area contributed by atoms with E-state index in [0.29, 0.717) is 6.42 Å². The minimum atomic E-state index is -0.681. The van der Waals surface area contributed by atoms with E-state index in [0.717, 1.165) is 25.7 Å². The zero-order valence-corrected chi connectivity index (χ0v) is 11.0. The monoisotopic (exact) mass is 238 g/mol. The summed E-state index contributed by atoms with van der Waals surface area (Å²) in [6.45, 7) is 3.79. The normalized spacial score (nSPS) is 32.8. The largest absolute Gasteiger partial charge is 0.340 e. The summed E-state index contributed by atoms with van der Waals surface area (Å²) in [4.78, 5) is 26.5. The van der Waals surface area contributed by atoms with Gasteiger partial charge in [-0.3, -0.25) is 9.59 Å². The van der Waals surface area contributed by atoms with Crippen LogP contribution in [0.25, 0.3) is 0 Å². The van der Waals surface area contributed by atoms with Crippen molar-refractivity contribution in [2.75, 3.05) is 7.05 Å². The van der Waals surface area contributed by atoms with Gasteiger partial charge >= 0.3 is 0 Å². The Bertz CT molecular complexity index is 347. The molecule has 1 aliphatic carbocycles. The number of carbonyl (C=O) groups is 2. The third-order valence-corrected chi connectivity index (χ3v) is 4.69. The van der Waals surface area contributed by atoms with E-state index in [9.17, 15) is 9.59 Å². The Morgan fingerprint density at radius 3 is 2.35 bits per heavy atom. The lowest BCUT2D eigenvalue weighted by atomic mass is 9.76. The molecule has 1 spiro atoms. The molecule has 1 saturated heterocycles. The molecule has 1 heterocycles. The average Bonchev–Trinajstić information content (AvgIpc) is 2.35. The van der Waals surface area contributed by atoms with Crippen molar-refractivity contribution in [3.05, 3.63) is 0 Å². The van der Waals surface area contributed by atoms with Crippen LogP contribution in [0.1, 0.15) is 52.4 Å². The smallest absolute Gasteiger partial charge is 0.248 e. The van der Waals surface area contributed by atoms with Gasteiger partial charge in [0.2, 0.25) is 11.8 Å². The van der Waals surface area contributed by atoms with Crippen molar-refractivity contribution in [2.45, 2.75) is 63.5 Å². The van der Waals surface area contributed by atoms with E-state index in [2.05, 4.69) is 5.32 Å². The van der Waals surface area contributed by atoms with Crippen molar-refractivity contribution in [2.24, 2.45) is 0 Å². The highest BCUT2D eigenvalue weighted by atomic mass is 16.2. The number of rotatable bonds is 1. The molecule has 0 radical (unpaired) electrons. The quantitative estimate of drug-likeness (QED) is 0.751. The molecule has 0 bridgehead atoms. The van der Waals surface area contributed by atoms with Crippen LogP contribution < -0.4 is 5.32 Å². The second-order valence-corrected chi connectivity index (χ2v) is 5.59. The molecule has 1 aliphatic heterocycles. The van der Waals surface area contributed by atoms with Crippen LogP contribution in [0.5, 0.6) is 0 Å². The number of likely N-dealkylation sites (N-methyl/N-ethyl adjacent to an activating group) is 1. The fourth-order valence-electron chi connectivity index (χ4n) is 2.99. The summed E-state index contributed by atoms with van der Waals surface area (Å²) in [5, 5.41) is 3.02. The molecule has 0 aromatic rings. The molecule has 1 atom stereocenters. The van der Waals surface area contributed by atoms with Gasteiger partial charge in [0.15, 0.2) is 0 Å². The molecule has 2 fully saturated rings. The fourth-order valence-corrected chi connectivity index (χ4v) is 2.99. The zero-order chi connectivity index (χ0) is 12.7. The Balaban J connectivity index is 2.31. The molecule has 0 aromatic heterocycles. The number of carbonyl (C=O) groups excluding carboxylic acids is 2. The predicted molar refractivity (Wildman–Crippen MR) is 65.4 cm³/mol. The first kappa shape index (κ1) is 12.4. The third-order valence-electron chi connectivity index (χ3n) is 4.69. The Hall–Kier alpha value is -1.06. The lowest BCUT2D eigenvalue weighted by molar-refractivity contribution is -0.161. The van der Waals surface area contributed by atoms with Gasteiger partial charge in [-0.1, -0.05) is 26.2 Å². The van der Waals surface area contributed by atoms with Gasteiger partial charge in [-0.15, -0.1) is 0 Å². The summed E-state index contributed by atoms with van der Waals surface area (Å²) in [5.74, 6) is 0.102. The maximum Gasteiger partial charge on any atom is 0.248 e. The second-order valence-electron chi connectivity index (χ2n) is 5.59. The highest BCUT2D eigenvalue weighted by Crippen LogP contribution is 2.36. The standard InChI is InChI=1S/C13H22N2O2/c1-4-12(2)10(16)14-13(11(17)15(12)3)8-6-5-7-9-13/h4-9H2,1-3H3,(H,14,16). The summed E-state index contributed by atoms with van der Waals surface area (Å²) in [7, 11) is 1.76. The second kappa shape index (κ2) is 4.00. The van der Waals surface area contributed by atoms with Gasteiger partial charge in [-0.25, -0.2) is 0 Å². The topological polar surface area (TPSA) is 49.4 Å². The van der Waals surface area contributed by atoms with E-state index in [1.807, 2.05) is 13.8 Å². The molecule has 1 saturated carbocycles. The van der Waals surface area contributed by atoms with Gasteiger partial charge in [0.1, 0.15) is 11.1 Å². The van der Waals surface area contributed by atoms with Gasteiger partial charge in [0.25, 0.3) is 0 Å². The number of hydrogen-bond donors (Lipinski definition) is 1. The van der Waals surface area contributed by atoms with E-state index in [4.69, 9.17) is 0 Å². The van der Waals surface area contributed by atoms with E-state index in [1.54, 1.807) is 11.9 Å². The fraction of sp³-hybridized carbons (Fsp3) is 0.846.